The minimum absolute atomic E-state index is 0.409. The van der Waals surface area contributed by atoms with E-state index in [1.807, 2.05) is 13.8 Å². The van der Waals surface area contributed by atoms with E-state index in [1.54, 1.807) is 26.0 Å². The molecule has 0 unspecified atom stereocenters. The quantitative estimate of drug-likeness (QED) is 0.254. The molecule has 0 bridgehead atoms. The van der Waals surface area contributed by atoms with E-state index in [-0.39, 0.29) is 0 Å². The zero-order valence-corrected chi connectivity index (χ0v) is 14.1. The molecule has 0 heterocycles. The van der Waals surface area contributed by atoms with Crippen LogP contribution in [0.3, 0.4) is 0 Å². The van der Waals surface area contributed by atoms with Gasteiger partial charge in [-0.3, -0.25) is 0 Å². The maximum absolute atomic E-state index is 11.8. The van der Waals surface area contributed by atoms with E-state index in [0.29, 0.717) is 50.4 Å². The third kappa shape index (κ3) is 10.3. The third-order valence-electron chi connectivity index (χ3n) is 2.81. The van der Waals surface area contributed by atoms with Crippen molar-refractivity contribution in [3.8, 4) is 0 Å². The Morgan fingerprint density at radius 1 is 0.818 bits per heavy atom. The predicted molar refractivity (Wildman–Crippen MR) is 85.5 cm³/mol. The van der Waals surface area contributed by atoms with Crippen LogP contribution < -0.4 is 0 Å². The van der Waals surface area contributed by atoms with Crippen LogP contribution in [-0.4, -0.2) is 38.4 Å². The van der Waals surface area contributed by atoms with Gasteiger partial charge in [-0.15, -0.1) is 0 Å². The number of carbonyl (C=O) groups excluding carboxylic acids is 2. The van der Waals surface area contributed by atoms with Crippen LogP contribution in [0, 0.1) is 0 Å². The Kier molecular flexibility index (Phi) is 12.3. The molecule has 0 N–H and O–H groups in total. The van der Waals surface area contributed by atoms with Crippen molar-refractivity contribution in [3.05, 3.63) is 23.3 Å². The maximum atomic E-state index is 11.8. The smallest absolute Gasteiger partial charge is 0.341 e. The normalized spacial score (nSPS) is 12.4. The first-order valence-corrected chi connectivity index (χ1v) is 7.78. The summed E-state index contributed by atoms with van der Waals surface area (Å²) in [5, 5.41) is 0. The standard InChI is InChI=1S/C17H28O5/c1-5-11-21-13-8-10-15(4)17(19)22-16(18)14(3)9-7-12-20-6-2/h9-10H,5-8,11-13H2,1-4H3. The fourth-order valence-electron chi connectivity index (χ4n) is 1.52. The molecule has 0 amide bonds. The average Bonchev–Trinajstić information content (AvgIpc) is 2.50. The fraction of sp³-hybridized carbons (Fsp3) is 0.647. The zero-order valence-electron chi connectivity index (χ0n) is 14.1. The number of rotatable bonds is 11. The number of ether oxygens (including phenoxy) is 3. The van der Waals surface area contributed by atoms with E-state index < -0.39 is 11.9 Å². The van der Waals surface area contributed by atoms with Gasteiger partial charge in [0.25, 0.3) is 0 Å². The molecular formula is C17H28O5. The van der Waals surface area contributed by atoms with Gasteiger partial charge in [-0.05, 0) is 40.0 Å². The summed E-state index contributed by atoms with van der Waals surface area (Å²) in [7, 11) is 0. The lowest BCUT2D eigenvalue weighted by Crippen LogP contribution is -2.14. The number of hydrogen-bond acceptors (Lipinski definition) is 5. The van der Waals surface area contributed by atoms with Crippen LogP contribution in [0.1, 0.15) is 47.0 Å². The van der Waals surface area contributed by atoms with E-state index >= 15 is 0 Å². The predicted octanol–water partition coefficient (Wildman–Crippen LogP) is 3.19. The third-order valence-corrected chi connectivity index (χ3v) is 2.81. The van der Waals surface area contributed by atoms with Crippen molar-refractivity contribution in [3.63, 3.8) is 0 Å². The molecule has 0 aliphatic heterocycles. The lowest BCUT2D eigenvalue weighted by atomic mass is 10.2. The minimum Gasteiger partial charge on any atom is -0.386 e. The number of esters is 2. The monoisotopic (exact) mass is 312 g/mol. The molecule has 0 aromatic carbocycles. The molecule has 5 nitrogen and oxygen atoms in total. The van der Waals surface area contributed by atoms with Crippen LogP contribution >= 0.6 is 0 Å². The molecule has 0 fully saturated rings. The molecule has 0 aromatic heterocycles. The van der Waals surface area contributed by atoms with Gasteiger partial charge in [0.2, 0.25) is 0 Å². The Morgan fingerprint density at radius 3 is 1.77 bits per heavy atom. The topological polar surface area (TPSA) is 61.8 Å². The highest BCUT2D eigenvalue weighted by atomic mass is 16.6. The highest BCUT2D eigenvalue weighted by Crippen LogP contribution is 2.05. The highest BCUT2D eigenvalue weighted by Gasteiger charge is 2.13. The molecule has 0 aromatic rings. The van der Waals surface area contributed by atoms with Crippen molar-refractivity contribution in [1.82, 2.24) is 0 Å². The summed E-state index contributed by atoms with van der Waals surface area (Å²) >= 11 is 0. The average molecular weight is 312 g/mol. The van der Waals surface area contributed by atoms with Crippen molar-refractivity contribution in [1.29, 1.82) is 0 Å². The Balaban J connectivity index is 4.16. The molecule has 0 radical (unpaired) electrons. The van der Waals surface area contributed by atoms with Crippen molar-refractivity contribution in [2.24, 2.45) is 0 Å². The first-order valence-electron chi connectivity index (χ1n) is 7.78. The zero-order chi connectivity index (χ0) is 16.8. The number of hydrogen-bond donors (Lipinski definition) is 0. The molecule has 0 aliphatic rings. The SMILES string of the molecule is CCCOCCC=C(C)C(=O)OC(=O)C(C)=CCCOCC. The van der Waals surface area contributed by atoms with Crippen LogP contribution in [0.4, 0.5) is 0 Å². The molecule has 0 saturated heterocycles. The minimum atomic E-state index is -0.614. The summed E-state index contributed by atoms with van der Waals surface area (Å²) in [6.45, 7) is 9.65. The summed E-state index contributed by atoms with van der Waals surface area (Å²) in [4.78, 5) is 23.5. The Hall–Kier alpha value is -1.46. The molecule has 0 aliphatic carbocycles. The summed E-state index contributed by atoms with van der Waals surface area (Å²) in [6, 6.07) is 0. The molecule has 126 valence electrons. The lowest BCUT2D eigenvalue weighted by molar-refractivity contribution is -0.153. The number of carbonyl (C=O) groups is 2. The van der Waals surface area contributed by atoms with Gasteiger partial charge < -0.3 is 14.2 Å². The largest absolute Gasteiger partial charge is 0.386 e. The van der Waals surface area contributed by atoms with E-state index in [0.717, 1.165) is 6.42 Å². The maximum Gasteiger partial charge on any atom is 0.341 e. The van der Waals surface area contributed by atoms with Gasteiger partial charge >= 0.3 is 11.9 Å². The van der Waals surface area contributed by atoms with Crippen molar-refractivity contribution >= 4 is 11.9 Å². The van der Waals surface area contributed by atoms with Gasteiger partial charge in [0.15, 0.2) is 0 Å². The van der Waals surface area contributed by atoms with Gasteiger partial charge in [0.1, 0.15) is 0 Å². The summed E-state index contributed by atoms with van der Waals surface area (Å²) in [5.74, 6) is -1.23. The Bertz CT molecular complexity index is 396. The Labute approximate surface area is 133 Å². The fourth-order valence-corrected chi connectivity index (χ4v) is 1.52. The van der Waals surface area contributed by atoms with Gasteiger partial charge in [0, 0.05) is 24.4 Å². The second kappa shape index (κ2) is 13.2. The molecular weight excluding hydrogens is 284 g/mol. The first kappa shape index (κ1) is 20.5. The summed E-state index contributed by atoms with van der Waals surface area (Å²) in [6.07, 6.45) is 5.64. The summed E-state index contributed by atoms with van der Waals surface area (Å²) < 4.78 is 15.3. The van der Waals surface area contributed by atoms with Crippen LogP contribution in [0.5, 0.6) is 0 Å². The summed E-state index contributed by atoms with van der Waals surface area (Å²) in [5.41, 5.74) is 0.822. The van der Waals surface area contributed by atoms with Gasteiger partial charge in [-0.1, -0.05) is 19.1 Å². The van der Waals surface area contributed by atoms with E-state index in [1.165, 1.54) is 0 Å². The molecule has 0 spiro atoms. The van der Waals surface area contributed by atoms with Crippen LogP contribution in [-0.2, 0) is 23.8 Å². The van der Waals surface area contributed by atoms with E-state index in [9.17, 15) is 9.59 Å². The first-order chi connectivity index (χ1) is 10.5. The van der Waals surface area contributed by atoms with Crippen molar-refractivity contribution in [2.45, 2.75) is 47.0 Å². The highest BCUT2D eigenvalue weighted by molar-refractivity contribution is 6.01. The van der Waals surface area contributed by atoms with Crippen LogP contribution in [0.2, 0.25) is 0 Å². The molecule has 0 rings (SSSR count). The van der Waals surface area contributed by atoms with Gasteiger partial charge in [-0.25, -0.2) is 9.59 Å². The second-order valence-electron chi connectivity index (χ2n) is 4.84. The van der Waals surface area contributed by atoms with Gasteiger partial charge in [-0.2, -0.15) is 0 Å². The molecule has 5 heteroatoms. The molecule has 0 atom stereocenters. The molecule has 22 heavy (non-hydrogen) atoms. The van der Waals surface area contributed by atoms with Crippen LogP contribution in [0.25, 0.3) is 0 Å². The van der Waals surface area contributed by atoms with Crippen LogP contribution in [0.15, 0.2) is 23.3 Å². The van der Waals surface area contributed by atoms with Crippen molar-refractivity contribution in [2.75, 3.05) is 26.4 Å². The van der Waals surface area contributed by atoms with E-state index in [2.05, 4.69) is 0 Å². The second-order valence-corrected chi connectivity index (χ2v) is 4.84. The van der Waals surface area contributed by atoms with Crippen molar-refractivity contribution < 1.29 is 23.8 Å². The Morgan fingerprint density at radius 2 is 1.32 bits per heavy atom. The molecule has 0 saturated carbocycles. The van der Waals surface area contributed by atoms with E-state index in [4.69, 9.17) is 14.2 Å². The van der Waals surface area contributed by atoms with Gasteiger partial charge in [0.05, 0.1) is 13.2 Å². The lowest BCUT2D eigenvalue weighted by Gasteiger charge is -2.04.